The third-order valence-electron chi connectivity index (χ3n) is 2.67. The van der Waals surface area contributed by atoms with E-state index in [0.29, 0.717) is 0 Å². The Morgan fingerprint density at radius 2 is 2.13 bits per heavy atom. The van der Waals surface area contributed by atoms with Crippen LogP contribution in [0.4, 0.5) is 4.39 Å². The van der Waals surface area contributed by atoms with Crippen LogP contribution in [-0.2, 0) is 0 Å². The highest BCUT2D eigenvalue weighted by Gasteiger charge is 2.25. The Morgan fingerprint density at radius 1 is 1.47 bits per heavy atom. The minimum Gasteiger partial charge on any atom is -0.324 e. The molecule has 0 aliphatic heterocycles. The predicted molar refractivity (Wildman–Crippen MR) is 62.9 cm³/mol. The third kappa shape index (κ3) is 3.07. The number of halogens is 3. The van der Waals surface area contributed by atoms with Crippen LogP contribution in [0.3, 0.4) is 0 Å². The van der Waals surface area contributed by atoms with Gasteiger partial charge in [-0.05, 0) is 24.0 Å². The smallest absolute Gasteiger partial charge is 0.142 e. The molecule has 0 bridgehead atoms. The van der Waals surface area contributed by atoms with Crippen LogP contribution in [0.2, 0.25) is 5.02 Å². The van der Waals surface area contributed by atoms with Crippen LogP contribution in [0.15, 0.2) is 18.2 Å². The summed E-state index contributed by atoms with van der Waals surface area (Å²) in [5.74, 6) is 0.347. The van der Waals surface area contributed by atoms with Crippen molar-refractivity contribution in [2.24, 2.45) is 11.7 Å². The first kappa shape index (κ1) is 12.8. The van der Waals surface area contributed by atoms with Gasteiger partial charge < -0.3 is 5.73 Å². The second kappa shape index (κ2) is 5.15. The van der Waals surface area contributed by atoms with Gasteiger partial charge in [-0.25, -0.2) is 4.39 Å². The summed E-state index contributed by atoms with van der Waals surface area (Å²) in [6.07, 6.45) is 3.42. The summed E-state index contributed by atoms with van der Waals surface area (Å²) in [5, 5.41) is 0.181. The molecular formula is C11H14Cl2FN. The Morgan fingerprint density at radius 3 is 2.73 bits per heavy atom. The second-order valence-corrected chi connectivity index (χ2v) is 4.31. The van der Waals surface area contributed by atoms with Crippen molar-refractivity contribution in [2.75, 3.05) is 0 Å². The quantitative estimate of drug-likeness (QED) is 0.869. The first-order valence-electron chi connectivity index (χ1n) is 4.88. The highest BCUT2D eigenvalue weighted by Crippen LogP contribution is 2.38. The molecule has 0 radical (unpaired) electrons. The molecule has 2 N–H and O–H groups in total. The van der Waals surface area contributed by atoms with E-state index in [-0.39, 0.29) is 29.3 Å². The lowest BCUT2D eigenvalue weighted by Gasteiger charge is -2.13. The van der Waals surface area contributed by atoms with Gasteiger partial charge in [-0.2, -0.15) is 0 Å². The summed E-state index contributed by atoms with van der Waals surface area (Å²) in [6, 6.07) is 4.70. The van der Waals surface area contributed by atoms with Crippen LogP contribution >= 0.6 is 24.0 Å². The van der Waals surface area contributed by atoms with E-state index in [0.717, 1.165) is 17.9 Å². The number of rotatable bonds is 3. The van der Waals surface area contributed by atoms with Gasteiger partial charge in [0.05, 0.1) is 5.02 Å². The molecule has 1 atom stereocenters. The molecule has 0 aromatic heterocycles. The molecular weight excluding hydrogens is 236 g/mol. The van der Waals surface area contributed by atoms with E-state index in [4.69, 9.17) is 17.3 Å². The molecule has 1 nitrogen and oxygen atoms in total. The second-order valence-electron chi connectivity index (χ2n) is 3.93. The fourth-order valence-corrected chi connectivity index (χ4v) is 1.91. The average Bonchev–Trinajstić information content (AvgIpc) is 2.93. The zero-order valence-electron chi connectivity index (χ0n) is 8.25. The lowest BCUT2D eigenvalue weighted by molar-refractivity contribution is 0.583. The lowest BCUT2D eigenvalue weighted by atomic mass is 10.0. The van der Waals surface area contributed by atoms with E-state index in [2.05, 4.69) is 0 Å². The molecule has 0 spiro atoms. The summed E-state index contributed by atoms with van der Waals surface area (Å²) in [5.41, 5.74) is 6.69. The van der Waals surface area contributed by atoms with Crippen LogP contribution in [0, 0.1) is 11.7 Å². The molecule has 0 heterocycles. The van der Waals surface area contributed by atoms with Crippen LogP contribution in [0.5, 0.6) is 0 Å². The van der Waals surface area contributed by atoms with Gasteiger partial charge in [0.2, 0.25) is 0 Å². The molecule has 4 heteroatoms. The average molecular weight is 250 g/mol. The molecule has 15 heavy (non-hydrogen) atoms. The summed E-state index contributed by atoms with van der Waals surface area (Å²) < 4.78 is 13.1. The highest BCUT2D eigenvalue weighted by molar-refractivity contribution is 6.31. The summed E-state index contributed by atoms with van der Waals surface area (Å²) in [4.78, 5) is 0. The SMILES string of the molecule is Cl.N[C@H](CC1CC1)c1cccc(F)c1Cl. The van der Waals surface area contributed by atoms with Crippen molar-refractivity contribution in [3.05, 3.63) is 34.6 Å². The van der Waals surface area contributed by atoms with E-state index < -0.39 is 0 Å². The summed E-state index contributed by atoms with van der Waals surface area (Å²) in [7, 11) is 0. The molecule has 1 saturated carbocycles. The van der Waals surface area contributed by atoms with Crippen molar-refractivity contribution in [1.29, 1.82) is 0 Å². The van der Waals surface area contributed by atoms with Crippen LogP contribution < -0.4 is 5.73 Å². The molecule has 1 aliphatic rings. The zero-order chi connectivity index (χ0) is 10.1. The van der Waals surface area contributed by atoms with Crippen molar-refractivity contribution >= 4 is 24.0 Å². The number of nitrogens with two attached hydrogens (primary N) is 1. The number of hydrogen-bond donors (Lipinski definition) is 1. The van der Waals surface area contributed by atoms with E-state index >= 15 is 0 Å². The molecule has 0 saturated heterocycles. The van der Waals surface area contributed by atoms with Crippen LogP contribution in [0.1, 0.15) is 30.9 Å². The van der Waals surface area contributed by atoms with Crippen molar-refractivity contribution in [3.8, 4) is 0 Å². The standard InChI is InChI=1S/C11H13ClFN.ClH/c12-11-8(2-1-3-9(11)13)10(14)6-7-4-5-7;/h1-3,7,10H,4-6,14H2;1H/t10-;/m1./s1. The van der Waals surface area contributed by atoms with Gasteiger partial charge in [-0.15, -0.1) is 12.4 Å². The molecule has 1 aromatic carbocycles. The van der Waals surface area contributed by atoms with Crippen molar-refractivity contribution in [2.45, 2.75) is 25.3 Å². The van der Waals surface area contributed by atoms with Gasteiger partial charge in [0, 0.05) is 6.04 Å². The molecule has 1 aromatic rings. The highest BCUT2D eigenvalue weighted by atomic mass is 35.5. The third-order valence-corrected chi connectivity index (χ3v) is 3.06. The summed E-state index contributed by atoms with van der Waals surface area (Å²) >= 11 is 5.84. The van der Waals surface area contributed by atoms with Crippen molar-refractivity contribution < 1.29 is 4.39 Å². The predicted octanol–water partition coefficient (Wildman–Crippen LogP) is 3.70. The Bertz CT molecular complexity index is 339. The molecule has 1 fully saturated rings. The molecule has 2 rings (SSSR count). The summed E-state index contributed by atoms with van der Waals surface area (Å²) in [6.45, 7) is 0. The maximum absolute atomic E-state index is 13.1. The maximum Gasteiger partial charge on any atom is 0.142 e. The van der Waals surface area contributed by atoms with Gasteiger partial charge in [-0.3, -0.25) is 0 Å². The normalized spacial score (nSPS) is 17.0. The minimum absolute atomic E-state index is 0. The Hall–Kier alpha value is -0.310. The Kier molecular flexibility index (Phi) is 4.38. The Labute approximate surface area is 100 Å². The first-order valence-corrected chi connectivity index (χ1v) is 5.25. The fourth-order valence-electron chi connectivity index (χ4n) is 1.65. The van der Waals surface area contributed by atoms with Gasteiger partial charge in [0.1, 0.15) is 5.82 Å². The van der Waals surface area contributed by atoms with Crippen LogP contribution in [0.25, 0.3) is 0 Å². The largest absolute Gasteiger partial charge is 0.324 e. The maximum atomic E-state index is 13.1. The van der Waals surface area contributed by atoms with Crippen molar-refractivity contribution in [3.63, 3.8) is 0 Å². The van der Waals surface area contributed by atoms with Crippen LogP contribution in [-0.4, -0.2) is 0 Å². The van der Waals surface area contributed by atoms with Crippen molar-refractivity contribution in [1.82, 2.24) is 0 Å². The van der Waals surface area contributed by atoms with E-state index in [1.54, 1.807) is 12.1 Å². The van der Waals surface area contributed by atoms with Gasteiger partial charge in [0.25, 0.3) is 0 Å². The number of hydrogen-bond acceptors (Lipinski definition) is 1. The topological polar surface area (TPSA) is 26.0 Å². The lowest BCUT2D eigenvalue weighted by Crippen LogP contribution is -2.11. The molecule has 84 valence electrons. The number of benzene rings is 1. The van der Waals surface area contributed by atoms with E-state index in [9.17, 15) is 4.39 Å². The molecule has 0 amide bonds. The van der Waals surface area contributed by atoms with Gasteiger partial charge >= 0.3 is 0 Å². The zero-order valence-corrected chi connectivity index (χ0v) is 9.82. The Balaban J connectivity index is 0.00000112. The first-order chi connectivity index (χ1) is 6.68. The fraction of sp³-hybridized carbons (Fsp3) is 0.455. The monoisotopic (exact) mass is 249 g/mol. The minimum atomic E-state index is -0.379. The molecule has 1 aliphatic carbocycles. The van der Waals surface area contributed by atoms with E-state index in [1.807, 2.05) is 0 Å². The van der Waals surface area contributed by atoms with Gasteiger partial charge in [-0.1, -0.05) is 36.6 Å². The molecule has 0 unspecified atom stereocenters. The van der Waals surface area contributed by atoms with E-state index in [1.165, 1.54) is 18.9 Å². The van der Waals surface area contributed by atoms with Gasteiger partial charge in [0.15, 0.2) is 0 Å².